The van der Waals surface area contributed by atoms with Crippen LogP contribution in [0.2, 0.25) is 0 Å². The molecule has 0 spiro atoms. The minimum absolute atomic E-state index is 0.0959. The van der Waals surface area contributed by atoms with Crippen LogP contribution < -0.4 is 14.4 Å². The van der Waals surface area contributed by atoms with Crippen LogP contribution in [0.25, 0.3) is 16.3 Å². The lowest BCUT2D eigenvalue weighted by atomic mass is 10.2. The van der Waals surface area contributed by atoms with E-state index in [4.69, 9.17) is 9.47 Å². The van der Waals surface area contributed by atoms with Gasteiger partial charge in [0.25, 0.3) is 5.91 Å². The lowest BCUT2D eigenvalue weighted by molar-refractivity contribution is -0.114. The van der Waals surface area contributed by atoms with Gasteiger partial charge in [-0.2, -0.15) is 0 Å². The van der Waals surface area contributed by atoms with Crippen LogP contribution in [-0.2, 0) is 4.79 Å². The molecule has 1 aromatic heterocycles. The molecule has 0 atom stereocenters. The highest BCUT2D eigenvalue weighted by molar-refractivity contribution is 7.22. The van der Waals surface area contributed by atoms with Crippen LogP contribution >= 0.6 is 11.3 Å². The largest absolute Gasteiger partial charge is 0.486 e. The Morgan fingerprint density at radius 1 is 1.19 bits per heavy atom. The summed E-state index contributed by atoms with van der Waals surface area (Å²) >= 11 is 1.52. The SMILES string of the molecule is CCN(C(=O)/C=C/c1ccc2c(c1)OCCO2)c1nc2ccccc2s1. The van der Waals surface area contributed by atoms with Crippen molar-refractivity contribution in [3.63, 3.8) is 0 Å². The van der Waals surface area contributed by atoms with E-state index in [0.717, 1.165) is 21.5 Å². The molecule has 0 radical (unpaired) electrons. The normalized spacial score (nSPS) is 13.3. The van der Waals surface area contributed by atoms with E-state index in [1.165, 1.54) is 11.3 Å². The van der Waals surface area contributed by atoms with Gasteiger partial charge in [0.05, 0.1) is 10.2 Å². The van der Waals surface area contributed by atoms with Crippen LogP contribution in [-0.4, -0.2) is 30.6 Å². The molecule has 132 valence electrons. The molecular weight excluding hydrogens is 348 g/mol. The fourth-order valence-electron chi connectivity index (χ4n) is 2.78. The smallest absolute Gasteiger partial charge is 0.252 e. The number of aromatic nitrogens is 1. The van der Waals surface area contributed by atoms with Crippen molar-refractivity contribution >= 4 is 38.7 Å². The number of benzene rings is 2. The number of rotatable bonds is 4. The number of fused-ring (bicyclic) bond motifs is 2. The van der Waals surface area contributed by atoms with Crippen molar-refractivity contribution in [2.24, 2.45) is 0 Å². The number of ether oxygens (including phenoxy) is 2. The summed E-state index contributed by atoms with van der Waals surface area (Å²) in [5, 5.41) is 0.713. The van der Waals surface area contributed by atoms with Crippen molar-refractivity contribution in [1.29, 1.82) is 0 Å². The molecule has 5 nitrogen and oxygen atoms in total. The predicted octanol–water partition coefficient (Wildman–Crippen LogP) is 4.13. The Hall–Kier alpha value is -2.86. The fourth-order valence-corrected chi connectivity index (χ4v) is 3.82. The zero-order chi connectivity index (χ0) is 17.9. The third kappa shape index (κ3) is 3.28. The van der Waals surface area contributed by atoms with Crippen LogP contribution in [0.4, 0.5) is 5.13 Å². The number of hydrogen-bond donors (Lipinski definition) is 0. The maximum Gasteiger partial charge on any atom is 0.252 e. The summed E-state index contributed by atoms with van der Waals surface area (Å²) in [6.45, 7) is 3.61. The highest BCUT2D eigenvalue weighted by Gasteiger charge is 2.16. The van der Waals surface area contributed by atoms with Gasteiger partial charge in [-0.3, -0.25) is 9.69 Å². The number of anilines is 1. The summed E-state index contributed by atoms with van der Waals surface area (Å²) in [7, 11) is 0. The summed E-state index contributed by atoms with van der Waals surface area (Å²) in [5.74, 6) is 1.36. The van der Waals surface area contributed by atoms with E-state index in [1.807, 2.05) is 49.4 Å². The molecule has 1 amide bonds. The van der Waals surface area contributed by atoms with Gasteiger partial charge < -0.3 is 9.47 Å². The maximum absolute atomic E-state index is 12.7. The fraction of sp³-hybridized carbons (Fsp3) is 0.200. The Labute approximate surface area is 155 Å². The maximum atomic E-state index is 12.7. The minimum atomic E-state index is -0.0959. The van der Waals surface area contributed by atoms with E-state index in [-0.39, 0.29) is 5.91 Å². The van der Waals surface area contributed by atoms with Gasteiger partial charge in [0, 0.05) is 12.6 Å². The number of para-hydroxylation sites is 1. The molecule has 6 heteroatoms. The molecule has 0 bridgehead atoms. The number of hydrogen-bond acceptors (Lipinski definition) is 5. The van der Waals surface area contributed by atoms with Gasteiger partial charge in [-0.25, -0.2) is 4.98 Å². The van der Waals surface area contributed by atoms with Crippen LogP contribution in [0, 0.1) is 0 Å². The second-order valence-corrected chi connectivity index (χ2v) is 6.79. The molecule has 1 aliphatic heterocycles. The van der Waals surface area contributed by atoms with E-state index < -0.39 is 0 Å². The first kappa shape index (κ1) is 16.6. The molecule has 0 unspecified atom stereocenters. The molecule has 0 aliphatic carbocycles. The van der Waals surface area contributed by atoms with Crippen LogP contribution in [0.5, 0.6) is 11.5 Å². The molecule has 1 aliphatic rings. The third-order valence-corrected chi connectivity index (χ3v) is 5.14. The zero-order valence-corrected chi connectivity index (χ0v) is 15.2. The van der Waals surface area contributed by atoms with Crippen molar-refractivity contribution in [2.45, 2.75) is 6.92 Å². The van der Waals surface area contributed by atoms with Crippen LogP contribution in [0.1, 0.15) is 12.5 Å². The Kier molecular flexibility index (Phi) is 4.58. The number of amides is 1. The van der Waals surface area contributed by atoms with Gasteiger partial charge in [0.15, 0.2) is 16.6 Å². The number of nitrogens with zero attached hydrogens (tertiary/aromatic N) is 2. The molecule has 3 aromatic rings. The molecule has 2 aromatic carbocycles. The predicted molar refractivity (Wildman–Crippen MR) is 104 cm³/mol. The van der Waals surface area contributed by atoms with E-state index in [0.29, 0.717) is 30.6 Å². The topological polar surface area (TPSA) is 51.7 Å². The molecule has 0 saturated carbocycles. The minimum Gasteiger partial charge on any atom is -0.486 e. The lowest BCUT2D eigenvalue weighted by Gasteiger charge is -2.18. The molecular formula is C20H18N2O3S. The Balaban J connectivity index is 1.54. The average Bonchev–Trinajstić information content (AvgIpc) is 3.10. The lowest BCUT2D eigenvalue weighted by Crippen LogP contribution is -2.28. The van der Waals surface area contributed by atoms with Gasteiger partial charge in [-0.15, -0.1) is 0 Å². The van der Waals surface area contributed by atoms with Gasteiger partial charge in [0.2, 0.25) is 0 Å². The first-order chi connectivity index (χ1) is 12.7. The zero-order valence-electron chi connectivity index (χ0n) is 14.3. The monoisotopic (exact) mass is 366 g/mol. The molecule has 4 rings (SSSR count). The molecule has 0 N–H and O–H groups in total. The summed E-state index contributed by atoms with van der Waals surface area (Å²) < 4.78 is 12.2. The first-order valence-electron chi connectivity index (χ1n) is 8.49. The molecule has 0 fully saturated rings. The quantitative estimate of drug-likeness (QED) is 0.652. The Bertz CT molecular complexity index is 947. The number of carbonyl (C=O) groups excluding carboxylic acids is 1. The Morgan fingerprint density at radius 3 is 2.81 bits per heavy atom. The molecule has 26 heavy (non-hydrogen) atoms. The summed E-state index contributed by atoms with van der Waals surface area (Å²) in [5.41, 5.74) is 1.80. The van der Waals surface area contributed by atoms with E-state index in [2.05, 4.69) is 4.98 Å². The van der Waals surface area contributed by atoms with Gasteiger partial charge >= 0.3 is 0 Å². The van der Waals surface area contributed by atoms with Crippen LogP contribution in [0.3, 0.4) is 0 Å². The third-order valence-electron chi connectivity index (χ3n) is 4.08. The van der Waals surface area contributed by atoms with Crippen molar-refractivity contribution in [3.05, 3.63) is 54.1 Å². The van der Waals surface area contributed by atoms with Gasteiger partial charge in [0.1, 0.15) is 13.2 Å². The van der Waals surface area contributed by atoms with E-state index in [9.17, 15) is 4.79 Å². The van der Waals surface area contributed by atoms with Crippen molar-refractivity contribution in [2.75, 3.05) is 24.7 Å². The van der Waals surface area contributed by atoms with Crippen molar-refractivity contribution in [3.8, 4) is 11.5 Å². The second-order valence-electron chi connectivity index (χ2n) is 5.78. The average molecular weight is 366 g/mol. The number of likely N-dealkylation sites (N-methyl/N-ethyl adjacent to an activating group) is 1. The summed E-state index contributed by atoms with van der Waals surface area (Å²) in [6.07, 6.45) is 3.36. The number of carbonyl (C=O) groups is 1. The van der Waals surface area contributed by atoms with Gasteiger partial charge in [-0.1, -0.05) is 29.5 Å². The van der Waals surface area contributed by atoms with Crippen molar-refractivity contribution in [1.82, 2.24) is 4.98 Å². The highest BCUT2D eigenvalue weighted by Crippen LogP contribution is 2.31. The second kappa shape index (κ2) is 7.17. The first-order valence-corrected chi connectivity index (χ1v) is 9.31. The van der Waals surface area contributed by atoms with Crippen molar-refractivity contribution < 1.29 is 14.3 Å². The van der Waals surface area contributed by atoms with E-state index >= 15 is 0 Å². The summed E-state index contributed by atoms with van der Waals surface area (Å²) in [4.78, 5) is 18.9. The van der Waals surface area contributed by atoms with Gasteiger partial charge in [-0.05, 0) is 42.8 Å². The Morgan fingerprint density at radius 2 is 2.00 bits per heavy atom. The highest BCUT2D eigenvalue weighted by atomic mass is 32.1. The van der Waals surface area contributed by atoms with Crippen LogP contribution in [0.15, 0.2) is 48.5 Å². The van der Waals surface area contributed by atoms with E-state index in [1.54, 1.807) is 17.1 Å². The molecule has 0 saturated heterocycles. The summed E-state index contributed by atoms with van der Waals surface area (Å²) in [6, 6.07) is 13.6. The molecule has 2 heterocycles. The number of thiazole rings is 1. The standard InChI is InChI=1S/C20H18N2O3S/c1-2-22(20-21-15-5-3-4-6-18(15)26-20)19(23)10-8-14-7-9-16-17(13-14)25-12-11-24-16/h3-10,13H,2,11-12H2,1H3/b10-8+.